The molecule has 3 N–H and O–H groups in total. The van der Waals surface area contributed by atoms with Gasteiger partial charge in [0.2, 0.25) is 0 Å². The number of carbonyl (C=O) groups excluding carboxylic acids is 2. The summed E-state index contributed by atoms with van der Waals surface area (Å²) in [5, 5.41) is 15.1. The van der Waals surface area contributed by atoms with Crippen LogP contribution in [0.1, 0.15) is 11.7 Å². The van der Waals surface area contributed by atoms with E-state index in [9.17, 15) is 19.1 Å². The van der Waals surface area contributed by atoms with Crippen LogP contribution in [-0.4, -0.2) is 30.1 Å². The molecule has 6 nitrogen and oxygen atoms in total. The number of hydrogen-bond donors (Lipinski definition) is 3. The summed E-state index contributed by atoms with van der Waals surface area (Å²) in [6.45, 7) is -0.286. The van der Waals surface area contributed by atoms with Crippen LogP contribution < -0.4 is 15.4 Å². The molecule has 0 unspecified atom stereocenters. The second kappa shape index (κ2) is 9.57. The van der Waals surface area contributed by atoms with Crippen LogP contribution in [0.5, 0.6) is 5.75 Å². The van der Waals surface area contributed by atoms with E-state index in [0.29, 0.717) is 10.6 Å². The lowest BCUT2D eigenvalue weighted by Crippen LogP contribution is -2.37. The predicted octanol–water partition coefficient (Wildman–Crippen LogP) is 2.28. The Morgan fingerprint density at radius 2 is 1.93 bits per heavy atom. The summed E-state index contributed by atoms with van der Waals surface area (Å²) in [7, 11) is 0. The largest absolute Gasteiger partial charge is 0.479 e. The number of nitrogens with one attached hydrogen (secondary N) is 2. The smallest absolute Gasteiger partial charge is 0.313 e. The predicted molar refractivity (Wildman–Crippen MR) is 98.8 cm³/mol. The molecule has 2 aromatic carbocycles. The van der Waals surface area contributed by atoms with Gasteiger partial charge in [0.25, 0.3) is 0 Å². The van der Waals surface area contributed by atoms with Crippen molar-refractivity contribution in [1.82, 2.24) is 5.32 Å². The van der Waals surface area contributed by atoms with Crippen molar-refractivity contribution in [1.29, 1.82) is 0 Å². The third kappa shape index (κ3) is 5.99. The van der Waals surface area contributed by atoms with Crippen LogP contribution in [0.15, 0.2) is 42.5 Å². The minimum absolute atomic E-state index is 0.0383. The summed E-state index contributed by atoms with van der Waals surface area (Å²) in [6.07, 6.45) is 4.07. The normalized spacial score (nSPS) is 11.2. The Bertz CT molecular complexity index is 865. The van der Waals surface area contributed by atoms with E-state index in [4.69, 9.17) is 22.8 Å². The summed E-state index contributed by atoms with van der Waals surface area (Å²) >= 11 is 5.77. The number of benzene rings is 2. The number of aliphatic hydroxyl groups excluding tert-OH is 1. The van der Waals surface area contributed by atoms with E-state index in [1.54, 1.807) is 24.3 Å². The van der Waals surface area contributed by atoms with E-state index in [1.165, 1.54) is 6.07 Å². The van der Waals surface area contributed by atoms with Gasteiger partial charge in [-0.2, -0.15) is 0 Å². The zero-order valence-corrected chi connectivity index (χ0v) is 14.8. The van der Waals surface area contributed by atoms with Crippen molar-refractivity contribution in [2.45, 2.75) is 6.10 Å². The van der Waals surface area contributed by atoms with Gasteiger partial charge in [-0.05, 0) is 29.8 Å². The van der Waals surface area contributed by atoms with Gasteiger partial charge in [-0.15, -0.1) is 6.42 Å². The van der Waals surface area contributed by atoms with Gasteiger partial charge >= 0.3 is 11.8 Å². The maximum atomic E-state index is 13.4. The van der Waals surface area contributed by atoms with Crippen molar-refractivity contribution >= 4 is 29.1 Å². The number of anilines is 1. The average Bonchev–Trinajstić information content (AvgIpc) is 2.65. The Hall–Kier alpha value is -3.08. The number of ether oxygens (including phenoxy) is 1. The molecule has 0 fully saturated rings. The fraction of sp³-hybridized carbons (Fsp3) is 0.158. The van der Waals surface area contributed by atoms with Crippen LogP contribution in [0.25, 0.3) is 0 Å². The molecule has 0 heterocycles. The maximum absolute atomic E-state index is 13.4. The highest BCUT2D eigenvalue weighted by Gasteiger charge is 2.18. The topological polar surface area (TPSA) is 87.7 Å². The van der Waals surface area contributed by atoms with Crippen molar-refractivity contribution in [3.05, 3.63) is 58.9 Å². The Balaban J connectivity index is 1.95. The molecule has 0 saturated heterocycles. The highest BCUT2D eigenvalue weighted by molar-refractivity contribution is 6.39. The molecule has 0 aliphatic heterocycles. The lowest BCUT2D eigenvalue weighted by Gasteiger charge is -2.13. The summed E-state index contributed by atoms with van der Waals surface area (Å²) in [6, 6.07) is 9.79. The summed E-state index contributed by atoms with van der Waals surface area (Å²) in [5.74, 6) is -0.315. The number of aliphatic hydroxyl groups is 1. The molecule has 0 aromatic heterocycles. The molecule has 2 amide bonds. The van der Waals surface area contributed by atoms with Crippen LogP contribution in [0, 0.1) is 18.2 Å². The van der Waals surface area contributed by atoms with Gasteiger partial charge in [-0.1, -0.05) is 29.7 Å². The molecular formula is C19H16ClFN2O4. The van der Waals surface area contributed by atoms with Gasteiger partial charge in [-0.3, -0.25) is 9.59 Å². The number of terminal acetylenes is 1. The molecule has 0 radical (unpaired) electrons. The molecule has 0 spiro atoms. The fourth-order valence-corrected chi connectivity index (χ4v) is 2.22. The highest BCUT2D eigenvalue weighted by Crippen LogP contribution is 2.25. The number of amides is 2. The standard InChI is InChI=1S/C19H16ClFN2O4/c1-2-9-27-17-8-7-14(21)10-15(17)23-19(26)18(25)22-11-16(24)12-3-5-13(20)6-4-12/h1,3-8,10,16,24H,9,11H2,(H,22,25)(H,23,26)/t16-/m1/s1. The van der Waals surface area contributed by atoms with Crippen LogP contribution in [-0.2, 0) is 9.59 Å². The van der Waals surface area contributed by atoms with Gasteiger partial charge in [-0.25, -0.2) is 4.39 Å². The Kier molecular flexibility index (Phi) is 7.17. The van der Waals surface area contributed by atoms with Crippen LogP contribution in [0.4, 0.5) is 10.1 Å². The van der Waals surface area contributed by atoms with Crippen LogP contribution >= 0.6 is 11.6 Å². The second-order valence-electron chi connectivity index (χ2n) is 5.36. The first kappa shape index (κ1) is 20.2. The van der Waals surface area contributed by atoms with Crippen LogP contribution in [0.2, 0.25) is 5.02 Å². The van der Waals surface area contributed by atoms with Crippen LogP contribution in [0.3, 0.4) is 0 Å². The first-order chi connectivity index (χ1) is 12.9. The third-order valence-corrected chi connectivity index (χ3v) is 3.67. The van der Waals surface area contributed by atoms with Gasteiger partial charge in [0.05, 0.1) is 11.8 Å². The van der Waals surface area contributed by atoms with Crippen molar-refractivity contribution in [2.75, 3.05) is 18.5 Å². The van der Waals surface area contributed by atoms with Gasteiger partial charge in [0, 0.05) is 17.6 Å². The quantitative estimate of drug-likeness (QED) is 0.521. The molecule has 8 heteroatoms. The molecule has 0 aliphatic rings. The fourth-order valence-electron chi connectivity index (χ4n) is 2.10. The lowest BCUT2D eigenvalue weighted by molar-refractivity contribution is -0.136. The zero-order chi connectivity index (χ0) is 19.8. The molecular weight excluding hydrogens is 375 g/mol. The van der Waals surface area contributed by atoms with E-state index >= 15 is 0 Å². The lowest BCUT2D eigenvalue weighted by atomic mass is 10.1. The molecule has 0 aliphatic carbocycles. The maximum Gasteiger partial charge on any atom is 0.313 e. The van der Waals surface area contributed by atoms with Gasteiger partial charge in [0.1, 0.15) is 18.2 Å². The zero-order valence-electron chi connectivity index (χ0n) is 14.0. The van der Waals surface area contributed by atoms with E-state index in [0.717, 1.165) is 12.1 Å². The molecule has 140 valence electrons. The Morgan fingerprint density at radius 1 is 1.22 bits per heavy atom. The Labute approximate surface area is 160 Å². The molecule has 0 saturated carbocycles. The number of halogens is 2. The molecule has 27 heavy (non-hydrogen) atoms. The van der Waals surface area contributed by atoms with Crippen molar-refractivity contribution < 1.29 is 23.8 Å². The SMILES string of the molecule is C#CCOc1ccc(F)cc1NC(=O)C(=O)NC[C@@H](O)c1ccc(Cl)cc1. The molecule has 1 atom stereocenters. The number of carbonyl (C=O) groups is 2. The van der Waals surface area contributed by atoms with E-state index in [1.807, 2.05) is 0 Å². The average molecular weight is 391 g/mol. The number of hydrogen-bond acceptors (Lipinski definition) is 4. The third-order valence-electron chi connectivity index (χ3n) is 3.42. The van der Waals surface area contributed by atoms with E-state index in [2.05, 4.69) is 16.6 Å². The molecule has 0 bridgehead atoms. The van der Waals surface area contributed by atoms with Crippen molar-refractivity contribution in [3.63, 3.8) is 0 Å². The first-order valence-corrected chi connectivity index (χ1v) is 8.17. The second-order valence-corrected chi connectivity index (χ2v) is 5.80. The van der Waals surface area contributed by atoms with E-state index < -0.39 is 23.7 Å². The van der Waals surface area contributed by atoms with Crippen molar-refractivity contribution in [2.24, 2.45) is 0 Å². The molecule has 2 aromatic rings. The number of rotatable bonds is 6. The van der Waals surface area contributed by atoms with E-state index in [-0.39, 0.29) is 24.6 Å². The Morgan fingerprint density at radius 3 is 2.59 bits per heavy atom. The molecule has 2 rings (SSSR count). The summed E-state index contributed by atoms with van der Waals surface area (Å²) in [4.78, 5) is 23.9. The summed E-state index contributed by atoms with van der Waals surface area (Å²) < 4.78 is 18.6. The summed E-state index contributed by atoms with van der Waals surface area (Å²) in [5.41, 5.74) is 0.485. The highest BCUT2D eigenvalue weighted by atomic mass is 35.5. The van der Waals surface area contributed by atoms with Gasteiger partial charge in [0.15, 0.2) is 0 Å². The first-order valence-electron chi connectivity index (χ1n) is 7.79. The van der Waals surface area contributed by atoms with Crippen molar-refractivity contribution in [3.8, 4) is 18.1 Å². The monoisotopic (exact) mass is 390 g/mol. The minimum atomic E-state index is -1.05. The van der Waals surface area contributed by atoms with Gasteiger partial charge < -0.3 is 20.5 Å². The minimum Gasteiger partial charge on any atom is -0.479 e.